The third kappa shape index (κ3) is 5.50. The van der Waals surface area contributed by atoms with Crippen molar-refractivity contribution in [3.05, 3.63) is 59.2 Å². The van der Waals surface area contributed by atoms with Crippen LogP contribution in [0, 0.1) is 0 Å². The van der Waals surface area contributed by atoms with Gasteiger partial charge < -0.3 is 30.7 Å². The van der Waals surface area contributed by atoms with Crippen LogP contribution in [0.3, 0.4) is 0 Å². The van der Waals surface area contributed by atoms with Gasteiger partial charge in [-0.3, -0.25) is 9.59 Å². The number of phenolic OH excluding ortho intramolecular Hbond substituents is 1. The molecular weight excluding hydrogens is 456 g/mol. The molecule has 2 aromatic rings. The SMILES string of the molecule is O=C1C[C@@H]2NCCCNCCCCN(CCCN1)C(=O)[C@H]1c3cc2ccc3O[C@@H]1c1ccc(O)cc1. The molecule has 0 aromatic heterocycles. The Morgan fingerprint density at radius 3 is 2.50 bits per heavy atom. The van der Waals surface area contributed by atoms with E-state index in [2.05, 4.69) is 22.0 Å². The number of phenols is 1. The molecule has 0 saturated heterocycles. The summed E-state index contributed by atoms with van der Waals surface area (Å²) in [7, 11) is 0. The van der Waals surface area contributed by atoms with Crippen molar-refractivity contribution in [2.24, 2.45) is 0 Å². The van der Waals surface area contributed by atoms with Crippen LogP contribution in [0.15, 0.2) is 42.5 Å². The van der Waals surface area contributed by atoms with Gasteiger partial charge in [0.25, 0.3) is 0 Å². The summed E-state index contributed by atoms with van der Waals surface area (Å²) >= 11 is 0. The minimum atomic E-state index is -0.486. The van der Waals surface area contributed by atoms with E-state index in [0.717, 1.165) is 55.6 Å². The molecule has 192 valence electrons. The zero-order valence-corrected chi connectivity index (χ0v) is 20.7. The molecule has 0 saturated carbocycles. The van der Waals surface area contributed by atoms with Gasteiger partial charge >= 0.3 is 0 Å². The van der Waals surface area contributed by atoms with Crippen molar-refractivity contribution in [3.8, 4) is 11.5 Å². The van der Waals surface area contributed by atoms with Crippen molar-refractivity contribution < 1.29 is 19.4 Å². The van der Waals surface area contributed by atoms with Crippen LogP contribution in [-0.2, 0) is 9.59 Å². The second-order valence-electron chi connectivity index (χ2n) is 9.96. The number of rotatable bonds is 1. The molecule has 0 unspecified atom stereocenters. The first-order valence-corrected chi connectivity index (χ1v) is 13.2. The van der Waals surface area contributed by atoms with E-state index in [9.17, 15) is 14.7 Å². The second kappa shape index (κ2) is 11.3. The minimum absolute atomic E-state index is 0.0160. The zero-order valence-electron chi connectivity index (χ0n) is 20.7. The van der Waals surface area contributed by atoms with Crippen molar-refractivity contribution in [2.45, 2.75) is 50.2 Å². The van der Waals surface area contributed by atoms with Gasteiger partial charge in [-0.05, 0) is 80.7 Å². The van der Waals surface area contributed by atoms with E-state index in [-0.39, 0.29) is 23.6 Å². The summed E-state index contributed by atoms with van der Waals surface area (Å²) in [6.07, 6.45) is 3.47. The Morgan fingerprint density at radius 1 is 0.861 bits per heavy atom. The number of hydrogen-bond donors (Lipinski definition) is 4. The summed E-state index contributed by atoms with van der Waals surface area (Å²) in [5.41, 5.74) is 2.72. The lowest BCUT2D eigenvalue weighted by atomic mass is 9.87. The Morgan fingerprint density at radius 2 is 1.64 bits per heavy atom. The lowest BCUT2D eigenvalue weighted by Gasteiger charge is -2.28. The lowest BCUT2D eigenvalue weighted by Crippen LogP contribution is -2.39. The fourth-order valence-corrected chi connectivity index (χ4v) is 5.45. The fraction of sp³-hybridized carbons (Fsp3) is 0.500. The van der Waals surface area contributed by atoms with E-state index in [0.29, 0.717) is 38.2 Å². The number of amides is 2. The topological polar surface area (TPSA) is 103 Å². The first-order chi connectivity index (χ1) is 17.6. The molecule has 4 bridgehead atoms. The molecule has 3 heterocycles. The lowest BCUT2D eigenvalue weighted by molar-refractivity contribution is -0.134. The van der Waals surface area contributed by atoms with Gasteiger partial charge in [0.1, 0.15) is 23.5 Å². The standard InChI is InChI=1S/C28H36N4O4/c33-21-8-5-19(6-9-21)27-26-22-17-20(7-10-24(22)36-27)23-18-25(34)31-14-4-16-32(28(26)35)15-2-1-11-29-12-3-13-30-23/h5-10,17,23,26-27,29-30,33H,1-4,11-16,18H2,(H,31,34)/t23-,26-,27+/m0/s1. The molecule has 0 fully saturated rings. The van der Waals surface area contributed by atoms with Gasteiger partial charge in [-0.1, -0.05) is 18.2 Å². The van der Waals surface area contributed by atoms with Crippen molar-refractivity contribution in [3.63, 3.8) is 0 Å². The summed E-state index contributed by atoms with van der Waals surface area (Å²) in [4.78, 5) is 28.9. The highest BCUT2D eigenvalue weighted by Gasteiger charge is 2.43. The number of hydrogen-bond acceptors (Lipinski definition) is 6. The van der Waals surface area contributed by atoms with Gasteiger partial charge in [0.05, 0.1) is 0 Å². The molecule has 0 radical (unpaired) electrons. The maximum Gasteiger partial charge on any atom is 0.234 e. The number of benzene rings is 2. The normalized spacial score (nSPS) is 25.8. The number of ether oxygens (including phenoxy) is 1. The highest BCUT2D eigenvalue weighted by molar-refractivity contribution is 5.87. The van der Waals surface area contributed by atoms with Crippen molar-refractivity contribution in [1.82, 2.24) is 20.9 Å². The molecule has 2 aromatic carbocycles. The molecular formula is C28H36N4O4. The largest absolute Gasteiger partial charge is 0.508 e. The Balaban J connectivity index is 1.58. The summed E-state index contributed by atoms with van der Waals surface area (Å²) < 4.78 is 6.40. The van der Waals surface area contributed by atoms with Gasteiger partial charge in [-0.15, -0.1) is 0 Å². The second-order valence-corrected chi connectivity index (χ2v) is 9.96. The van der Waals surface area contributed by atoms with Crippen LogP contribution in [-0.4, -0.2) is 61.1 Å². The van der Waals surface area contributed by atoms with Gasteiger partial charge in [0, 0.05) is 37.7 Å². The first kappa shape index (κ1) is 24.6. The Bertz CT molecular complexity index is 1070. The summed E-state index contributed by atoms with van der Waals surface area (Å²) in [6, 6.07) is 12.8. The van der Waals surface area contributed by atoms with E-state index in [1.54, 1.807) is 12.1 Å². The predicted molar refractivity (Wildman–Crippen MR) is 137 cm³/mol. The molecule has 3 aliphatic heterocycles. The van der Waals surface area contributed by atoms with Crippen molar-refractivity contribution in [1.29, 1.82) is 0 Å². The first-order valence-electron chi connectivity index (χ1n) is 13.2. The van der Waals surface area contributed by atoms with Gasteiger partial charge in [-0.2, -0.15) is 0 Å². The maximum absolute atomic E-state index is 14.2. The number of carbonyl (C=O) groups is 2. The van der Waals surface area contributed by atoms with Gasteiger partial charge in [0.2, 0.25) is 11.8 Å². The minimum Gasteiger partial charge on any atom is -0.508 e. The molecule has 8 nitrogen and oxygen atoms in total. The quantitative estimate of drug-likeness (QED) is 0.488. The smallest absolute Gasteiger partial charge is 0.234 e. The third-order valence-electron chi connectivity index (χ3n) is 7.40. The maximum atomic E-state index is 14.2. The van der Waals surface area contributed by atoms with Crippen LogP contribution in [0.5, 0.6) is 11.5 Å². The van der Waals surface area contributed by atoms with E-state index in [4.69, 9.17) is 4.74 Å². The highest BCUT2D eigenvalue weighted by Crippen LogP contribution is 2.48. The molecule has 3 atom stereocenters. The molecule has 36 heavy (non-hydrogen) atoms. The van der Waals surface area contributed by atoms with Crippen LogP contribution in [0.4, 0.5) is 0 Å². The van der Waals surface area contributed by atoms with Crippen LogP contribution in [0.1, 0.15) is 66.9 Å². The average molecular weight is 493 g/mol. The van der Waals surface area contributed by atoms with Crippen molar-refractivity contribution in [2.75, 3.05) is 39.3 Å². The Labute approximate surface area is 212 Å². The number of carbonyl (C=O) groups excluding carboxylic acids is 2. The highest BCUT2D eigenvalue weighted by atomic mass is 16.5. The monoisotopic (exact) mass is 492 g/mol. The fourth-order valence-electron chi connectivity index (χ4n) is 5.45. The summed E-state index contributed by atoms with van der Waals surface area (Å²) in [6.45, 7) is 4.45. The summed E-state index contributed by atoms with van der Waals surface area (Å²) in [5, 5.41) is 19.9. The molecule has 0 spiro atoms. The van der Waals surface area contributed by atoms with Gasteiger partial charge in [-0.25, -0.2) is 0 Å². The molecule has 8 heteroatoms. The van der Waals surface area contributed by atoms with Gasteiger partial charge in [0.15, 0.2) is 0 Å². The summed E-state index contributed by atoms with van der Waals surface area (Å²) in [5.74, 6) is 0.473. The number of nitrogens with zero attached hydrogens (tertiary/aromatic N) is 1. The van der Waals surface area contributed by atoms with E-state index in [1.165, 1.54) is 0 Å². The predicted octanol–water partition coefficient (Wildman–Crippen LogP) is 2.75. The molecule has 3 aliphatic rings. The Hall–Kier alpha value is -3.10. The molecule has 5 rings (SSSR count). The third-order valence-corrected chi connectivity index (χ3v) is 7.40. The van der Waals surface area contributed by atoms with Crippen LogP contribution < -0.4 is 20.7 Å². The van der Waals surface area contributed by atoms with Crippen molar-refractivity contribution >= 4 is 11.8 Å². The number of nitrogens with one attached hydrogen (secondary N) is 3. The van der Waals surface area contributed by atoms with Crippen LogP contribution in [0.2, 0.25) is 0 Å². The Kier molecular flexibility index (Phi) is 7.72. The molecule has 4 N–H and O–H groups in total. The van der Waals surface area contributed by atoms with E-state index < -0.39 is 12.0 Å². The number of fused-ring (bicyclic) bond motifs is 1. The van der Waals surface area contributed by atoms with Crippen LogP contribution in [0.25, 0.3) is 0 Å². The average Bonchev–Trinajstić information content (AvgIpc) is 3.26. The van der Waals surface area contributed by atoms with E-state index in [1.807, 2.05) is 29.2 Å². The number of aromatic hydroxyl groups is 1. The molecule has 0 aliphatic carbocycles. The van der Waals surface area contributed by atoms with E-state index >= 15 is 0 Å². The molecule has 2 amide bonds. The zero-order chi connectivity index (χ0) is 24.9. The van der Waals surface area contributed by atoms with Crippen LogP contribution >= 0.6 is 0 Å².